The van der Waals surface area contributed by atoms with Crippen LogP contribution in [0.4, 0.5) is 4.39 Å². The van der Waals surface area contributed by atoms with E-state index < -0.39 is 5.82 Å². The lowest BCUT2D eigenvalue weighted by Gasteiger charge is -2.07. The van der Waals surface area contributed by atoms with Gasteiger partial charge in [0.2, 0.25) is 0 Å². The van der Waals surface area contributed by atoms with Crippen molar-refractivity contribution in [2.45, 2.75) is 0 Å². The molecule has 0 atom stereocenters. The number of carbonyl (C=O) groups excluding carboxylic acids is 1. The van der Waals surface area contributed by atoms with Crippen LogP contribution < -0.4 is 4.74 Å². The average molecular weight is 281 g/mol. The third-order valence-electron chi connectivity index (χ3n) is 3.34. The maximum absolute atomic E-state index is 13.4. The van der Waals surface area contributed by atoms with Crippen LogP contribution in [0.25, 0.3) is 10.8 Å². The Morgan fingerprint density at radius 3 is 2.86 bits per heavy atom. The van der Waals surface area contributed by atoms with E-state index in [0.29, 0.717) is 11.1 Å². The number of halogens is 1. The highest BCUT2D eigenvalue weighted by atomic mass is 19.1. The molecule has 0 radical (unpaired) electrons. The normalized spacial score (nSPS) is 10.6. The topological polar surface area (TPSA) is 39.2 Å². The van der Waals surface area contributed by atoms with Crippen LogP contribution in [0.3, 0.4) is 0 Å². The number of hydrogen-bond acceptors (Lipinski definition) is 3. The van der Waals surface area contributed by atoms with Gasteiger partial charge in [0.25, 0.3) is 0 Å². The van der Waals surface area contributed by atoms with Gasteiger partial charge in [0.05, 0.1) is 7.11 Å². The monoisotopic (exact) mass is 281 g/mol. The van der Waals surface area contributed by atoms with Gasteiger partial charge >= 0.3 is 0 Å². The molecule has 0 amide bonds. The summed E-state index contributed by atoms with van der Waals surface area (Å²) >= 11 is 0. The van der Waals surface area contributed by atoms with E-state index in [2.05, 4.69) is 4.98 Å². The number of aromatic nitrogens is 1. The Morgan fingerprint density at radius 2 is 2.05 bits per heavy atom. The lowest BCUT2D eigenvalue weighted by atomic mass is 9.98. The van der Waals surface area contributed by atoms with Crippen molar-refractivity contribution in [1.82, 2.24) is 4.98 Å². The number of nitrogens with zero attached hydrogens (tertiary/aromatic N) is 1. The zero-order chi connectivity index (χ0) is 14.8. The number of pyridine rings is 1. The van der Waals surface area contributed by atoms with Gasteiger partial charge in [-0.05, 0) is 29.7 Å². The molecule has 2 aromatic carbocycles. The zero-order valence-electron chi connectivity index (χ0n) is 11.3. The number of benzene rings is 2. The molecule has 3 nitrogen and oxygen atoms in total. The van der Waals surface area contributed by atoms with Gasteiger partial charge in [0.15, 0.2) is 17.3 Å². The molecule has 4 heteroatoms. The standard InChI is InChI=1S/C17H12FNO2/c1-21-16-9-12(5-6-15(16)18)17(20)13-4-2-3-11-7-8-19-10-14(11)13/h2-10H,1H3. The Labute approximate surface area is 121 Å². The number of carbonyl (C=O) groups is 1. The second-order valence-electron chi connectivity index (χ2n) is 4.58. The van der Waals surface area contributed by atoms with Crippen molar-refractivity contribution in [2.24, 2.45) is 0 Å². The number of hydrogen-bond donors (Lipinski definition) is 0. The van der Waals surface area contributed by atoms with E-state index in [9.17, 15) is 9.18 Å². The summed E-state index contributed by atoms with van der Waals surface area (Å²) in [5.41, 5.74) is 0.916. The number of fused-ring (bicyclic) bond motifs is 1. The largest absolute Gasteiger partial charge is 0.494 e. The van der Waals surface area contributed by atoms with Gasteiger partial charge in [0, 0.05) is 28.9 Å². The quantitative estimate of drug-likeness (QED) is 0.688. The zero-order valence-corrected chi connectivity index (χ0v) is 11.3. The predicted octanol–water partition coefficient (Wildman–Crippen LogP) is 3.61. The van der Waals surface area contributed by atoms with Crippen LogP contribution in [0.1, 0.15) is 15.9 Å². The van der Waals surface area contributed by atoms with E-state index in [-0.39, 0.29) is 11.5 Å². The molecule has 3 rings (SSSR count). The smallest absolute Gasteiger partial charge is 0.193 e. The molecule has 0 spiro atoms. The molecule has 104 valence electrons. The number of rotatable bonds is 3. The lowest BCUT2D eigenvalue weighted by molar-refractivity contribution is 0.104. The van der Waals surface area contributed by atoms with Crippen molar-refractivity contribution >= 4 is 16.6 Å². The molecule has 0 aliphatic rings. The Hall–Kier alpha value is -2.75. The van der Waals surface area contributed by atoms with Crippen LogP contribution >= 0.6 is 0 Å². The molecule has 0 N–H and O–H groups in total. The fourth-order valence-corrected chi connectivity index (χ4v) is 2.27. The summed E-state index contributed by atoms with van der Waals surface area (Å²) in [4.78, 5) is 16.7. The highest BCUT2D eigenvalue weighted by molar-refractivity contribution is 6.16. The summed E-state index contributed by atoms with van der Waals surface area (Å²) in [5.74, 6) is -0.625. The first-order chi connectivity index (χ1) is 10.2. The van der Waals surface area contributed by atoms with E-state index in [0.717, 1.165) is 10.8 Å². The minimum atomic E-state index is -0.492. The molecule has 0 aliphatic heterocycles. The van der Waals surface area contributed by atoms with E-state index in [1.165, 1.54) is 25.3 Å². The van der Waals surface area contributed by atoms with Crippen molar-refractivity contribution in [2.75, 3.05) is 7.11 Å². The number of methoxy groups -OCH3 is 1. The number of ether oxygens (including phenoxy) is 1. The maximum Gasteiger partial charge on any atom is 0.193 e. The van der Waals surface area contributed by atoms with E-state index in [1.54, 1.807) is 18.5 Å². The van der Waals surface area contributed by atoms with Crippen LogP contribution in [0, 0.1) is 5.82 Å². The molecule has 0 fully saturated rings. The molecule has 21 heavy (non-hydrogen) atoms. The van der Waals surface area contributed by atoms with E-state index in [4.69, 9.17) is 4.74 Å². The summed E-state index contributed by atoms with van der Waals surface area (Å²) < 4.78 is 18.4. The third kappa shape index (κ3) is 2.36. The van der Waals surface area contributed by atoms with Gasteiger partial charge in [-0.1, -0.05) is 18.2 Å². The summed E-state index contributed by atoms with van der Waals surface area (Å²) in [7, 11) is 1.37. The second-order valence-corrected chi connectivity index (χ2v) is 4.58. The fraction of sp³-hybridized carbons (Fsp3) is 0.0588. The molecule has 0 aliphatic carbocycles. The van der Waals surface area contributed by atoms with Crippen molar-refractivity contribution in [1.29, 1.82) is 0 Å². The van der Waals surface area contributed by atoms with Gasteiger partial charge in [-0.2, -0.15) is 0 Å². The average Bonchev–Trinajstić information content (AvgIpc) is 2.54. The first-order valence-corrected chi connectivity index (χ1v) is 6.41. The first kappa shape index (κ1) is 13.2. The number of ketones is 1. The highest BCUT2D eigenvalue weighted by Gasteiger charge is 2.14. The Balaban J connectivity index is 2.13. The van der Waals surface area contributed by atoms with Crippen molar-refractivity contribution in [3.05, 3.63) is 71.8 Å². The van der Waals surface area contributed by atoms with Gasteiger partial charge in [-0.25, -0.2) is 4.39 Å². The fourth-order valence-electron chi connectivity index (χ4n) is 2.27. The summed E-state index contributed by atoms with van der Waals surface area (Å²) in [6.07, 6.45) is 3.33. The summed E-state index contributed by atoms with van der Waals surface area (Å²) in [6.45, 7) is 0. The van der Waals surface area contributed by atoms with E-state index in [1.807, 2.05) is 18.2 Å². The Bertz CT molecular complexity index is 825. The van der Waals surface area contributed by atoms with E-state index >= 15 is 0 Å². The highest BCUT2D eigenvalue weighted by Crippen LogP contribution is 2.24. The van der Waals surface area contributed by atoms with Crippen LogP contribution in [0.2, 0.25) is 0 Å². The maximum atomic E-state index is 13.4. The molecule has 1 heterocycles. The molecule has 0 saturated heterocycles. The van der Waals surface area contributed by atoms with Gasteiger partial charge in [0.1, 0.15) is 0 Å². The van der Waals surface area contributed by atoms with Crippen molar-refractivity contribution < 1.29 is 13.9 Å². The van der Waals surface area contributed by atoms with Gasteiger partial charge < -0.3 is 4.74 Å². The van der Waals surface area contributed by atoms with Crippen molar-refractivity contribution in [3.63, 3.8) is 0 Å². The van der Waals surface area contributed by atoms with Crippen LogP contribution in [0.5, 0.6) is 5.75 Å². The van der Waals surface area contributed by atoms with Crippen molar-refractivity contribution in [3.8, 4) is 5.75 Å². The summed E-state index contributed by atoms with van der Waals surface area (Å²) in [6, 6.07) is 11.4. The molecule has 0 bridgehead atoms. The second kappa shape index (κ2) is 5.32. The molecule has 3 aromatic rings. The van der Waals surface area contributed by atoms with Gasteiger partial charge in [-0.3, -0.25) is 9.78 Å². The van der Waals surface area contributed by atoms with Gasteiger partial charge in [-0.15, -0.1) is 0 Å². The third-order valence-corrected chi connectivity index (χ3v) is 3.34. The van der Waals surface area contributed by atoms with Crippen LogP contribution in [0.15, 0.2) is 54.9 Å². The van der Waals surface area contributed by atoms with Crippen LogP contribution in [-0.4, -0.2) is 17.9 Å². The minimum absolute atomic E-state index is 0.0548. The SMILES string of the molecule is COc1cc(C(=O)c2cccc3ccncc23)ccc1F. The molecule has 0 saturated carbocycles. The molecular weight excluding hydrogens is 269 g/mol. The molecular formula is C17H12FNO2. The summed E-state index contributed by atoms with van der Waals surface area (Å²) in [5, 5.41) is 1.71. The lowest BCUT2D eigenvalue weighted by Crippen LogP contribution is -2.03. The Morgan fingerprint density at radius 1 is 1.19 bits per heavy atom. The first-order valence-electron chi connectivity index (χ1n) is 6.41. The Kier molecular flexibility index (Phi) is 3.36. The molecule has 0 unspecified atom stereocenters. The minimum Gasteiger partial charge on any atom is -0.494 e. The molecule has 1 aromatic heterocycles. The van der Waals surface area contributed by atoms with Crippen LogP contribution in [-0.2, 0) is 0 Å². The predicted molar refractivity (Wildman–Crippen MR) is 78.1 cm³/mol.